The SMILES string of the molecule is O=C(O)C1CCC(NC(=O)N2CC=C(c3ccc(Cl)c(Cl)c3)CC2)CC1. The molecule has 1 aliphatic carbocycles. The number of carboxylic acid groups (broad SMARTS) is 1. The lowest BCUT2D eigenvalue weighted by Gasteiger charge is -2.31. The van der Waals surface area contributed by atoms with Crippen LogP contribution >= 0.6 is 23.2 Å². The fraction of sp³-hybridized carbons (Fsp3) is 0.474. The van der Waals surface area contributed by atoms with Gasteiger partial charge in [0.25, 0.3) is 0 Å². The summed E-state index contributed by atoms with van der Waals surface area (Å²) in [4.78, 5) is 25.2. The Morgan fingerprint density at radius 2 is 1.85 bits per heavy atom. The van der Waals surface area contributed by atoms with Crippen LogP contribution in [0.15, 0.2) is 24.3 Å². The molecule has 2 N–H and O–H groups in total. The zero-order chi connectivity index (χ0) is 18.7. The van der Waals surface area contributed by atoms with Crippen molar-refractivity contribution in [2.24, 2.45) is 5.92 Å². The molecule has 1 aliphatic heterocycles. The van der Waals surface area contributed by atoms with Crippen LogP contribution in [-0.4, -0.2) is 41.1 Å². The largest absolute Gasteiger partial charge is 0.481 e. The lowest BCUT2D eigenvalue weighted by Crippen LogP contribution is -2.47. The van der Waals surface area contributed by atoms with Gasteiger partial charge in [-0.25, -0.2) is 4.79 Å². The quantitative estimate of drug-likeness (QED) is 0.793. The Morgan fingerprint density at radius 1 is 1.12 bits per heavy atom. The summed E-state index contributed by atoms with van der Waals surface area (Å²) in [7, 11) is 0. The Labute approximate surface area is 163 Å². The lowest BCUT2D eigenvalue weighted by atomic mass is 9.86. The van der Waals surface area contributed by atoms with Crippen molar-refractivity contribution >= 4 is 40.8 Å². The molecule has 0 bridgehead atoms. The number of urea groups is 1. The van der Waals surface area contributed by atoms with E-state index in [1.807, 2.05) is 18.2 Å². The van der Waals surface area contributed by atoms with Crippen LogP contribution < -0.4 is 5.32 Å². The van der Waals surface area contributed by atoms with Crippen molar-refractivity contribution < 1.29 is 14.7 Å². The maximum atomic E-state index is 12.5. The van der Waals surface area contributed by atoms with E-state index in [0.29, 0.717) is 36.0 Å². The van der Waals surface area contributed by atoms with E-state index in [1.165, 1.54) is 0 Å². The van der Waals surface area contributed by atoms with Crippen molar-refractivity contribution in [2.75, 3.05) is 13.1 Å². The Kier molecular flexibility index (Phi) is 6.09. The van der Waals surface area contributed by atoms with E-state index in [2.05, 4.69) is 5.32 Å². The minimum absolute atomic E-state index is 0.0681. The molecule has 0 unspecified atom stereocenters. The highest BCUT2D eigenvalue weighted by Crippen LogP contribution is 2.29. The van der Waals surface area contributed by atoms with Gasteiger partial charge in [0.1, 0.15) is 0 Å². The summed E-state index contributed by atoms with van der Waals surface area (Å²) < 4.78 is 0. The van der Waals surface area contributed by atoms with Gasteiger partial charge in [-0.3, -0.25) is 4.79 Å². The van der Waals surface area contributed by atoms with Gasteiger partial charge >= 0.3 is 12.0 Å². The Morgan fingerprint density at radius 3 is 2.42 bits per heavy atom. The number of hydrogen-bond donors (Lipinski definition) is 2. The van der Waals surface area contributed by atoms with Gasteiger partial charge in [0.2, 0.25) is 0 Å². The van der Waals surface area contributed by atoms with E-state index in [4.69, 9.17) is 28.3 Å². The Hall–Kier alpha value is -1.72. The average Bonchev–Trinajstić information content (AvgIpc) is 2.64. The van der Waals surface area contributed by atoms with E-state index < -0.39 is 5.97 Å². The first-order valence-electron chi connectivity index (χ1n) is 8.86. The topological polar surface area (TPSA) is 69.6 Å². The predicted molar refractivity (Wildman–Crippen MR) is 103 cm³/mol. The minimum atomic E-state index is -0.731. The number of carboxylic acids is 1. The summed E-state index contributed by atoms with van der Waals surface area (Å²) in [5, 5.41) is 13.2. The van der Waals surface area contributed by atoms with Gasteiger partial charge in [-0.1, -0.05) is 35.3 Å². The molecule has 26 heavy (non-hydrogen) atoms. The third kappa shape index (κ3) is 4.51. The Balaban J connectivity index is 1.52. The number of carbonyl (C=O) groups excluding carboxylic acids is 1. The van der Waals surface area contributed by atoms with Crippen LogP contribution in [0.25, 0.3) is 5.57 Å². The zero-order valence-electron chi connectivity index (χ0n) is 14.4. The molecule has 0 spiro atoms. The third-order valence-electron chi connectivity index (χ3n) is 5.19. The van der Waals surface area contributed by atoms with Gasteiger partial charge in [0.15, 0.2) is 0 Å². The van der Waals surface area contributed by atoms with E-state index in [0.717, 1.165) is 30.4 Å². The monoisotopic (exact) mass is 396 g/mol. The molecule has 3 rings (SSSR count). The molecule has 1 heterocycles. The number of carbonyl (C=O) groups is 2. The fourth-order valence-electron chi connectivity index (χ4n) is 3.56. The van der Waals surface area contributed by atoms with Crippen molar-refractivity contribution in [3.63, 3.8) is 0 Å². The number of nitrogens with one attached hydrogen (secondary N) is 1. The molecular weight excluding hydrogens is 375 g/mol. The first kappa shape index (κ1) is 19.1. The summed E-state index contributed by atoms with van der Waals surface area (Å²) in [6.45, 7) is 1.19. The zero-order valence-corrected chi connectivity index (χ0v) is 15.9. The molecule has 140 valence electrons. The van der Waals surface area contributed by atoms with Gasteiger partial charge in [0.05, 0.1) is 16.0 Å². The van der Waals surface area contributed by atoms with E-state index >= 15 is 0 Å². The summed E-state index contributed by atoms with van der Waals surface area (Å²) in [5.74, 6) is -0.999. The number of nitrogens with zero attached hydrogens (tertiary/aromatic N) is 1. The minimum Gasteiger partial charge on any atom is -0.481 e. The highest BCUT2D eigenvalue weighted by atomic mass is 35.5. The van der Waals surface area contributed by atoms with Crippen molar-refractivity contribution in [3.8, 4) is 0 Å². The van der Waals surface area contributed by atoms with Crippen molar-refractivity contribution in [1.29, 1.82) is 0 Å². The number of hydrogen-bond acceptors (Lipinski definition) is 2. The smallest absolute Gasteiger partial charge is 0.317 e. The third-order valence-corrected chi connectivity index (χ3v) is 5.93. The lowest BCUT2D eigenvalue weighted by molar-refractivity contribution is -0.142. The van der Waals surface area contributed by atoms with Gasteiger partial charge in [0, 0.05) is 19.1 Å². The molecule has 0 aromatic heterocycles. The molecule has 2 aliphatic rings. The van der Waals surface area contributed by atoms with Crippen LogP contribution in [0.3, 0.4) is 0 Å². The van der Waals surface area contributed by atoms with Crippen LogP contribution in [0.2, 0.25) is 10.0 Å². The van der Waals surface area contributed by atoms with Crippen molar-refractivity contribution in [1.82, 2.24) is 10.2 Å². The highest BCUT2D eigenvalue weighted by Gasteiger charge is 2.28. The molecular formula is C19H22Cl2N2O3. The second kappa shape index (κ2) is 8.31. The van der Waals surface area contributed by atoms with E-state index in [1.54, 1.807) is 11.0 Å². The van der Waals surface area contributed by atoms with Crippen LogP contribution in [0.5, 0.6) is 0 Å². The maximum Gasteiger partial charge on any atom is 0.317 e. The molecule has 0 radical (unpaired) electrons. The van der Waals surface area contributed by atoms with Crippen molar-refractivity contribution in [2.45, 2.75) is 38.1 Å². The van der Waals surface area contributed by atoms with Gasteiger partial charge in [-0.05, 0) is 55.4 Å². The van der Waals surface area contributed by atoms with E-state index in [9.17, 15) is 9.59 Å². The van der Waals surface area contributed by atoms with Crippen LogP contribution in [0.1, 0.15) is 37.7 Å². The van der Waals surface area contributed by atoms with Crippen LogP contribution in [0.4, 0.5) is 4.79 Å². The molecule has 1 saturated carbocycles. The summed E-state index contributed by atoms with van der Waals surface area (Å²) >= 11 is 12.0. The molecule has 1 fully saturated rings. The van der Waals surface area contributed by atoms with Crippen LogP contribution in [-0.2, 0) is 4.79 Å². The molecule has 2 amide bonds. The average molecular weight is 397 g/mol. The summed E-state index contributed by atoms with van der Waals surface area (Å²) in [6.07, 6.45) is 5.51. The molecule has 0 saturated heterocycles. The first-order valence-corrected chi connectivity index (χ1v) is 9.62. The van der Waals surface area contributed by atoms with Gasteiger partial charge in [-0.15, -0.1) is 0 Å². The number of halogens is 2. The number of aliphatic carboxylic acids is 1. The standard InChI is InChI=1S/C19H22Cl2N2O3/c20-16-6-3-14(11-17(16)21)12-7-9-23(10-8-12)19(26)22-15-4-1-13(2-5-15)18(24)25/h3,6-7,11,13,15H,1-2,4-5,8-10H2,(H,22,26)(H,24,25). The second-order valence-electron chi connectivity index (χ2n) is 6.89. The fourth-order valence-corrected chi connectivity index (χ4v) is 3.86. The predicted octanol–water partition coefficient (Wildman–Crippen LogP) is 4.44. The second-order valence-corrected chi connectivity index (χ2v) is 7.70. The van der Waals surface area contributed by atoms with Crippen molar-refractivity contribution in [3.05, 3.63) is 39.9 Å². The molecule has 1 aromatic carbocycles. The number of amides is 2. The highest BCUT2D eigenvalue weighted by molar-refractivity contribution is 6.42. The Bertz CT molecular complexity index is 727. The normalized spacial score (nSPS) is 23.3. The maximum absolute atomic E-state index is 12.5. The van der Waals surface area contributed by atoms with Gasteiger partial charge < -0.3 is 15.3 Å². The molecule has 5 nitrogen and oxygen atoms in total. The number of benzene rings is 1. The number of rotatable bonds is 3. The summed E-state index contributed by atoms with van der Waals surface area (Å²) in [6, 6.07) is 5.57. The molecule has 0 atom stereocenters. The molecule has 7 heteroatoms. The van der Waals surface area contributed by atoms with E-state index in [-0.39, 0.29) is 18.0 Å². The van der Waals surface area contributed by atoms with Gasteiger partial charge in [-0.2, -0.15) is 0 Å². The molecule has 1 aromatic rings. The summed E-state index contributed by atoms with van der Waals surface area (Å²) in [5.41, 5.74) is 2.20. The first-order chi connectivity index (χ1) is 12.4. The van der Waals surface area contributed by atoms with Crippen LogP contribution in [0, 0.1) is 5.92 Å².